The van der Waals surface area contributed by atoms with Gasteiger partial charge in [-0.25, -0.2) is 9.97 Å². The van der Waals surface area contributed by atoms with Crippen LogP contribution in [-0.4, -0.2) is 14.5 Å². The van der Waals surface area contributed by atoms with E-state index in [1.807, 2.05) is 17.7 Å². The minimum Gasteiger partial charge on any atom is -0.298 e. The fraction of sp³-hybridized carbons (Fsp3) is 0.533. The fourth-order valence-electron chi connectivity index (χ4n) is 3.03. The molecular weight excluding hydrogens is 236 g/mol. The van der Waals surface area contributed by atoms with Crippen LogP contribution in [0.1, 0.15) is 49.4 Å². The number of rotatable bonds is 2. The van der Waals surface area contributed by atoms with Crippen LogP contribution in [0.4, 0.5) is 0 Å². The van der Waals surface area contributed by atoms with Gasteiger partial charge in [0.1, 0.15) is 17.9 Å². The third-order valence-corrected chi connectivity index (χ3v) is 3.95. The van der Waals surface area contributed by atoms with Gasteiger partial charge >= 0.3 is 0 Å². The molecule has 1 saturated carbocycles. The van der Waals surface area contributed by atoms with Crippen molar-refractivity contribution >= 4 is 11.2 Å². The Labute approximate surface area is 113 Å². The van der Waals surface area contributed by atoms with Crippen LogP contribution in [0.3, 0.4) is 0 Å². The monoisotopic (exact) mass is 254 g/mol. The van der Waals surface area contributed by atoms with Crippen molar-refractivity contribution in [1.82, 2.24) is 14.5 Å². The van der Waals surface area contributed by atoms with Gasteiger partial charge in [-0.15, -0.1) is 0 Å². The molecule has 0 spiro atoms. The van der Waals surface area contributed by atoms with E-state index in [-0.39, 0.29) is 0 Å². The molecule has 98 valence electrons. The molecule has 0 saturated heterocycles. The van der Waals surface area contributed by atoms with E-state index in [1.165, 1.54) is 32.1 Å². The van der Waals surface area contributed by atoms with Gasteiger partial charge in [-0.1, -0.05) is 19.3 Å². The number of pyridine rings is 1. The first-order valence-electron chi connectivity index (χ1n) is 6.99. The quantitative estimate of drug-likeness (QED) is 0.826. The highest BCUT2D eigenvalue weighted by atomic mass is 15.1. The van der Waals surface area contributed by atoms with Gasteiger partial charge in [-0.3, -0.25) is 4.57 Å². The highest BCUT2D eigenvalue weighted by Gasteiger charge is 2.22. The molecule has 2 aromatic rings. The van der Waals surface area contributed by atoms with Gasteiger partial charge in [0, 0.05) is 12.1 Å². The minimum absolute atomic E-state index is 0.346. The van der Waals surface area contributed by atoms with Crippen LogP contribution < -0.4 is 0 Å². The molecule has 1 aliphatic carbocycles. The van der Waals surface area contributed by atoms with E-state index in [1.54, 1.807) is 0 Å². The summed E-state index contributed by atoms with van der Waals surface area (Å²) in [7, 11) is 0. The van der Waals surface area contributed by atoms with E-state index in [0.717, 1.165) is 22.6 Å². The Hall–Kier alpha value is -1.89. The van der Waals surface area contributed by atoms with Gasteiger partial charge in [0.15, 0.2) is 5.65 Å². The summed E-state index contributed by atoms with van der Waals surface area (Å²) >= 11 is 0. The van der Waals surface area contributed by atoms with E-state index < -0.39 is 0 Å². The Bertz CT molecular complexity index is 629. The molecule has 4 nitrogen and oxygen atoms in total. The van der Waals surface area contributed by atoms with E-state index in [2.05, 4.69) is 17.1 Å². The van der Waals surface area contributed by atoms with Crippen molar-refractivity contribution in [2.45, 2.75) is 51.5 Å². The summed E-state index contributed by atoms with van der Waals surface area (Å²) in [5, 5.41) is 9.05. The highest BCUT2D eigenvalue weighted by Crippen LogP contribution is 2.33. The van der Waals surface area contributed by atoms with Crippen LogP contribution >= 0.6 is 0 Å². The van der Waals surface area contributed by atoms with Crippen molar-refractivity contribution in [3.05, 3.63) is 23.7 Å². The third-order valence-electron chi connectivity index (χ3n) is 3.95. The Morgan fingerprint density at radius 2 is 2.16 bits per heavy atom. The summed E-state index contributed by atoms with van der Waals surface area (Å²) in [6.07, 6.45) is 8.09. The molecule has 0 bridgehead atoms. The second-order valence-corrected chi connectivity index (χ2v) is 5.40. The lowest BCUT2D eigenvalue weighted by atomic mass is 9.88. The van der Waals surface area contributed by atoms with Crippen molar-refractivity contribution in [3.8, 4) is 6.07 Å². The van der Waals surface area contributed by atoms with Gasteiger partial charge < -0.3 is 0 Å². The molecule has 4 heteroatoms. The first-order valence-corrected chi connectivity index (χ1v) is 6.99. The molecule has 0 N–H and O–H groups in total. The zero-order valence-electron chi connectivity index (χ0n) is 11.3. The van der Waals surface area contributed by atoms with Crippen LogP contribution in [0, 0.1) is 18.3 Å². The third kappa shape index (κ3) is 2.21. The minimum atomic E-state index is 0.346. The van der Waals surface area contributed by atoms with Crippen molar-refractivity contribution in [2.24, 2.45) is 0 Å². The van der Waals surface area contributed by atoms with Gasteiger partial charge in [0.05, 0.1) is 6.07 Å². The number of hydrogen-bond acceptors (Lipinski definition) is 3. The molecule has 1 fully saturated rings. The smallest absolute Gasteiger partial charge is 0.160 e. The van der Waals surface area contributed by atoms with E-state index >= 15 is 0 Å². The maximum atomic E-state index is 9.05. The molecule has 19 heavy (non-hydrogen) atoms. The average molecular weight is 254 g/mol. The number of nitrogens with zero attached hydrogens (tertiary/aromatic N) is 4. The molecule has 1 aliphatic rings. The van der Waals surface area contributed by atoms with Crippen LogP contribution in [0.5, 0.6) is 0 Å². The lowest BCUT2D eigenvalue weighted by Gasteiger charge is -2.21. The molecular formula is C15H18N4. The molecule has 2 aromatic heterocycles. The maximum absolute atomic E-state index is 9.05. The molecule has 0 aromatic carbocycles. The molecule has 0 amide bonds. The summed E-state index contributed by atoms with van der Waals surface area (Å²) in [5.74, 6) is 1.56. The zero-order chi connectivity index (χ0) is 13.2. The number of nitriles is 1. The van der Waals surface area contributed by atoms with Crippen molar-refractivity contribution < 1.29 is 0 Å². The molecule has 0 unspecified atom stereocenters. The summed E-state index contributed by atoms with van der Waals surface area (Å²) in [6.45, 7) is 2.37. The number of imidazole rings is 1. The van der Waals surface area contributed by atoms with Crippen molar-refractivity contribution in [1.29, 1.82) is 5.26 Å². The van der Waals surface area contributed by atoms with Crippen molar-refractivity contribution in [2.75, 3.05) is 0 Å². The van der Waals surface area contributed by atoms with E-state index in [0.29, 0.717) is 12.5 Å². The lowest BCUT2D eigenvalue weighted by Crippen LogP contribution is -2.12. The second-order valence-electron chi connectivity index (χ2n) is 5.40. The van der Waals surface area contributed by atoms with Gasteiger partial charge in [0.25, 0.3) is 0 Å². The maximum Gasteiger partial charge on any atom is 0.160 e. The van der Waals surface area contributed by atoms with Gasteiger partial charge in [-0.2, -0.15) is 5.26 Å². The Morgan fingerprint density at radius 1 is 1.37 bits per heavy atom. The average Bonchev–Trinajstić information content (AvgIpc) is 2.78. The lowest BCUT2D eigenvalue weighted by molar-refractivity contribution is 0.420. The van der Waals surface area contributed by atoms with Crippen LogP contribution in [0.25, 0.3) is 11.2 Å². The van der Waals surface area contributed by atoms with Crippen LogP contribution in [-0.2, 0) is 6.54 Å². The number of aryl methyl sites for hydroxylation is 1. The first-order chi connectivity index (χ1) is 9.29. The Balaban J connectivity index is 2.11. The molecule has 0 aliphatic heterocycles. The second kappa shape index (κ2) is 5.00. The van der Waals surface area contributed by atoms with E-state index in [4.69, 9.17) is 10.2 Å². The van der Waals surface area contributed by atoms with Crippen LogP contribution in [0.15, 0.2) is 12.3 Å². The van der Waals surface area contributed by atoms with Crippen molar-refractivity contribution in [3.63, 3.8) is 0 Å². The zero-order valence-corrected chi connectivity index (χ0v) is 11.3. The summed E-state index contributed by atoms with van der Waals surface area (Å²) in [5.41, 5.74) is 2.90. The molecule has 0 radical (unpaired) electrons. The molecule has 0 atom stereocenters. The molecule has 2 heterocycles. The highest BCUT2D eigenvalue weighted by molar-refractivity contribution is 5.72. The fourth-order valence-corrected chi connectivity index (χ4v) is 3.03. The summed E-state index contributed by atoms with van der Waals surface area (Å²) < 4.78 is 2.00. The van der Waals surface area contributed by atoms with Gasteiger partial charge in [0.2, 0.25) is 0 Å². The van der Waals surface area contributed by atoms with Gasteiger partial charge in [-0.05, 0) is 31.4 Å². The largest absolute Gasteiger partial charge is 0.298 e. The summed E-state index contributed by atoms with van der Waals surface area (Å²) in [4.78, 5) is 9.23. The Kier molecular flexibility index (Phi) is 3.20. The topological polar surface area (TPSA) is 54.5 Å². The standard InChI is InChI=1S/C15H18N4/c1-11-9-13-15(17-10-11)19(8-7-16)14(18-13)12-5-3-2-4-6-12/h9-10,12H,2-6,8H2,1H3. The number of aromatic nitrogens is 3. The van der Waals surface area contributed by atoms with E-state index in [9.17, 15) is 0 Å². The predicted octanol–water partition coefficient (Wildman–Crippen LogP) is 3.31. The van der Waals surface area contributed by atoms with Crippen LogP contribution in [0.2, 0.25) is 0 Å². The predicted molar refractivity (Wildman–Crippen MR) is 73.7 cm³/mol. The Morgan fingerprint density at radius 3 is 2.89 bits per heavy atom. The normalized spacial score (nSPS) is 16.6. The number of fused-ring (bicyclic) bond motifs is 1. The summed E-state index contributed by atoms with van der Waals surface area (Å²) in [6, 6.07) is 4.30. The first kappa shape index (κ1) is 12.2. The molecule has 3 rings (SSSR count). The number of hydrogen-bond donors (Lipinski definition) is 0. The SMILES string of the molecule is Cc1cnc2c(c1)nc(C1CCCCC1)n2CC#N.